The maximum atomic E-state index is 6.14. The normalized spacial score (nSPS) is 18.1. The second-order valence-electron chi connectivity index (χ2n) is 4.14. The zero-order valence-corrected chi connectivity index (χ0v) is 11.1. The molecule has 0 aliphatic heterocycles. The number of hydrogen-bond donors (Lipinski definition) is 1. The zero-order valence-electron chi connectivity index (χ0n) is 8.72. The Bertz CT molecular complexity index is 333. The van der Waals surface area contributed by atoms with Crippen molar-refractivity contribution >= 4 is 34.5 Å². The van der Waals surface area contributed by atoms with Gasteiger partial charge >= 0.3 is 0 Å². The fourth-order valence-electron chi connectivity index (χ4n) is 1.85. The van der Waals surface area contributed by atoms with Crippen molar-refractivity contribution in [2.45, 2.75) is 31.7 Å². The Kier molecular flexibility index (Phi) is 3.94. The van der Waals surface area contributed by atoms with E-state index in [1.54, 1.807) is 0 Å². The molecule has 1 fully saturated rings. The van der Waals surface area contributed by atoms with Crippen LogP contribution in [0.2, 0.25) is 8.67 Å². The first-order valence-electron chi connectivity index (χ1n) is 5.32. The van der Waals surface area contributed by atoms with E-state index in [9.17, 15) is 0 Å². The molecule has 0 radical (unpaired) electrons. The molecule has 1 saturated carbocycles. The van der Waals surface area contributed by atoms with Gasteiger partial charge in [0.05, 0.1) is 8.67 Å². The molecule has 1 N–H and O–H groups in total. The third-order valence-electron chi connectivity index (χ3n) is 2.97. The van der Waals surface area contributed by atoms with E-state index in [1.165, 1.54) is 30.6 Å². The second-order valence-corrected chi connectivity index (χ2v) is 6.43. The molecule has 0 bridgehead atoms. The Balaban J connectivity index is 2.00. The van der Waals surface area contributed by atoms with Gasteiger partial charge in [0.2, 0.25) is 0 Å². The SMILES string of the molecule is CNC(CCC1CC1)c1cc(Cl)sc1Cl. The summed E-state index contributed by atoms with van der Waals surface area (Å²) in [5.41, 5.74) is 1.16. The molecule has 1 atom stereocenters. The van der Waals surface area contributed by atoms with Crippen LogP contribution in [0.1, 0.15) is 37.3 Å². The Morgan fingerprint density at radius 1 is 1.53 bits per heavy atom. The van der Waals surface area contributed by atoms with Gasteiger partial charge in [-0.05, 0) is 31.9 Å². The Morgan fingerprint density at radius 3 is 2.73 bits per heavy atom. The lowest BCUT2D eigenvalue weighted by Crippen LogP contribution is -2.16. The van der Waals surface area contributed by atoms with Gasteiger partial charge in [-0.2, -0.15) is 0 Å². The summed E-state index contributed by atoms with van der Waals surface area (Å²) in [6.07, 6.45) is 5.28. The lowest BCUT2D eigenvalue weighted by molar-refractivity contribution is 0.507. The highest BCUT2D eigenvalue weighted by molar-refractivity contribution is 7.20. The van der Waals surface area contributed by atoms with Gasteiger partial charge in [0, 0.05) is 11.6 Å². The second kappa shape index (κ2) is 5.05. The van der Waals surface area contributed by atoms with Crippen LogP contribution in [0.4, 0.5) is 0 Å². The zero-order chi connectivity index (χ0) is 10.8. The van der Waals surface area contributed by atoms with Gasteiger partial charge in [-0.3, -0.25) is 0 Å². The minimum Gasteiger partial charge on any atom is -0.313 e. The highest BCUT2D eigenvalue weighted by atomic mass is 35.5. The molecule has 1 aromatic rings. The molecule has 1 heterocycles. The van der Waals surface area contributed by atoms with E-state index in [2.05, 4.69) is 5.32 Å². The van der Waals surface area contributed by atoms with Crippen molar-refractivity contribution in [2.24, 2.45) is 5.92 Å². The number of thiophene rings is 1. The van der Waals surface area contributed by atoms with Crippen LogP contribution in [-0.4, -0.2) is 7.05 Å². The van der Waals surface area contributed by atoms with E-state index in [0.29, 0.717) is 6.04 Å². The van der Waals surface area contributed by atoms with Crippen LogP contribution in [0.15, 0.2) is 6.07 Å². The lowest BCUT2D eigenvalue weighted by atomic mass is 10.0. The standard InChI is InChI=1S/C11H15Cl2NS/c1-14-9(5-4-7-2-3-7)8-6-10(12)15-11(8)13/h6-7,9,14H,2-5H2,1H3. The van der Waals surface area contributed by atoms with E-state index in [4.69, 9.17) is 23.2 Å². The van der Waals surface area contributed by atoms with E-state index >= 15 is 0 Å². The van der Waals surface area contributed by atoms with E-state index < -0.39 is 0 Å². The predicted molar refractivity (Wildman–Crippen MR) is 68.1 cm³/mol. The minimum absolute atomic E-state index is 0.363. The average molecular weight is 264 g/mol. The van der Waals surface area contributed by atoms with Gasteiger partial charge in [-0.1, -0.05) is 36.0 Å². The van der Waals surface area contributed by atoms with E-state index in [-0.39, 0.29) is 0 Å². The van der Waals surface area contributed by atoms with Crippen LogP contribution in [0.3, 0.4) is 0 Å². The first kappa shape index (κ1) is 11.7. The molecule has 15 heavy (non-hydrogen) atoms. The third kappa shape index (κ3) is 3.10. The molecule has 1 nitrogen and oxygen atoms in total. The summed E-state index contributed by atoms with van der Waals surface area (Å²) in [6, 6.07) is 2.35. The molecule has 4 heteroatoms. The molecule has 1 unspecified atom stereocenters. The van der Waals surface area contributed by atoms with Crippen molar-refractivity contribution < 1.29 is 0 Å². The fraction of sp³-hybridized carbons (Fsp3) is 0.636. The van der Waals surface area contributed by atoms with Crippen molar-refractivity contribution in [1.29, 1.82) is 0 Å². The van der Waals surface area contributed by atoms with Crippen molar-refractivity contribution in [3.8, 4) is 0 Å². The largest absolute Gasteiger partial charge is 0.313 e. The molecular weight excluding hydrogens is 249 g/mol. The molecule has 2 rings (SSSR count). The Labute approximate surface area is 105 Å². The van der Waals surface area contributed by atoms with Gasteiger partial charge in [0.25, 0.3) is 0 Å². The highest BCUT2D eigenvalue weighted by Crippen LogP contribution is 2.39. The third-order valence-corrected chi connectivity index (χ3v) is 4.49. The smallest absolute Gasteiger partial charge is 0.0991 e. The number of halogens is 2. The van der Waals surface area contributed by atoms with Gasteiger partial charge in [0.15, 0.2) is 0 Å². The monoisotopic (exact) mass is 263 g/mol. The Hall–Kier alpha value is 0.240. The van der Waals surface area contributed by atoms with E-state index in [0.717, 1.165) is 26.6 Å². The van der Waals surface area contributed by atoms with Crippen LogP contribution in [-0.2, 0) is 0 Å². The number of nitrogens with one attached hydrogen (secondary N) is 1. The summed E-state index contributed by atoms with van der Waals surface area (Å²) >= 11 is 13.5. The molecule has 0 saturated heterocycles. The maximum absolute atomic E-state index is 6.14. The molecule has 84 valence electrons. The molecule has 1 aromatic heterocycles. The summed E-state index contributed by atoms with van der Waals surface area (Å²) in [6.45, 7) is 0. The first-order valence-corrected chi connectivity index (χ1v) is 6.90. The summed E-state index contributed by atoms with van der Waals surface area (Å²) in [5.74, 6) is 0.966. The van der Waals surface area contributed by atoms with Crippen molar-refractivity contribution in [2.75, 3.05) is 7.05 Å². The minimum atomic E-state index is 0.363. The molecule has 1 aliphatic rings. The molecule has 0 spiro atoms. The molecule has 0 aromatic carbocycles. The predicted octanol–water partition coefficient (Wildman–Crippen LogP) is 4.51. The summed E-state index contributed by atoms with van der Waals surface area (Å²) in [7, 11) is 1.99. The lowest BCUT2D eigenvalue weighted by Gasteiger charge is -2.15. The van der Waals surface area contributed by atoms with Crippen LogP contribution >= 0.6 is 34.5 Å². The van der Waals surface area contributed by atoms with Gasteiger partial charge in [-0.25, -0.2) is 0 Å². The summed E-state index contributed by atoms with van der Waals surface area (Å²) in [4.78, 5) is 0. The number of hydrogen-bond acceptors (Lipinski definition) is 2. The van der Waals surface area contributed by atoms with Gasteiger partial charge < -0.3 is 5.32 Å². The average Bonchev–Trinajstić information content (AvgIpc) is 2.95. The Morgan fingerprint density at radius 2 is 2.27 bits per heavy atom. The van der Waals surface area contributed by atoms with Crippen LogP contribution in [0, 0.1) is 5.92 Å². The fourth-order valence-corrected chi connectivity index (χ4v) is 3.43. The molecular formula is C11H15Cl2NS. The van der Waals surface area contributed by atoms with Gasteiger partial charge in [-0.15, -0.1) is 11.3 Å². The topological polar surface area (TPSA) is 12.0 Å². The van der Waals surface area contributed by atoms with Gasteiger partial charge in [0.1, 0.15) is 0 Å². The summed E-state index contributed by atoms with van der Waals surface area (Å²) < 4.78 is 1.61. The summed E-state index contributed by atoms with van der Waals surface area (Å²) in [5, 5.41) is 3.32. The van der Waals surface area contributed by atoms with Crippen molar-refractivity contribution in [1.82, 2.24) is 5.32 Å². The van der Waals surface area contributed by atoms with Crippen LogP contribution in [0.5, 0.6) is 0 Å². The molecule has 0 amide bonds. The maximum Gasteiger partial charge on any atom is 0.0991 e. The van der Waals surface area contributed by atoms with Crippen molar-refractivity contribution in [3.05, 3.63) is 20.3 Å². The van der Waals surface area contributed by atoms with Crippen molar-refractivity contribution in [3.63, 3.8) is 0 Å². The van der Waals surface area contributed by atoms with Crippen LogP contribution in [0.25, 0.3) is 0 Å². The highest BCUT2D eigenvalue weighted by Gasteiger charge is 2.23. The van der Waals surface area contributed by atoms with Crippen LogP contribution < -0.4 is 5.32 Å². The first-order chi connectivity index (χ1) is 7.20. The van der Waals surface area contributed by atoms with E-state index in [1.807, 2.05) is 13.1 Å². The molecule has 1 aliphatic carbocycles. The quantitative estimate of drug-likeness (QED) is 0.825. The number of rotatable bonds is 5.